The lowest BCUT2D eigenvalue weighted by Gasteiger charge is -2.29. The summed E-state index contributed by atoms with van der Waals surface area (Å²) in [5, 5.41) is 0. The number of hydrazine groups is 1. The Morgan fingerprint density at radius 3 is 2.54 bits per heavy atom. The predicted octanol–water partition coefficient (Wildman–Crippen LogP) is 1.43. The zero-order chi connectivity index (χ0) is 9.68. The molecule has 0 spiro atoms. The fraction of sp³-hybridized carbons (Fsp3) is 1.00. The van der Waals surface area contributed by atoms with Gasteiger partial charge in [0.05, 0.1) is 12.7 Å². The highest BCUT2D eigenvalue weighted by Crippen LogP contribution is 2.30. The largest absolute Gasteiger partial charge is 0.377 e. The van der Waals surface area contributed by atoms with Crippen LogP contribution in [0.5, 0.6) is 0 Å². The molecular formula is C10H22N2O. The first-order valence-corrected chi connectivity index (χ1v) is 5.30. The van der Waals surface area contributed by atoms with Crippen molar-refractivity contribution in [3.63, 3.8) is 0 Å². The van der Waals surface area contributed by atoms with Crippen molar-refractivity contribution in [3.8, 4) is 0 Å². The SMILES string of the molecule is CC(C)OCC(CC1CCC1)NN. The van der Waals surface area contributed by atoms with Gasteiger partial charge in [-0.1, -0.05) is 19.3 Å². The third kappa shape index (κ3) is 4.07. The van der Waals surface area contributed by atoms with Crippen molar-refractivity contribution in [3.05, 3.63) is 0 Å². The normalized spacial score (nSPS) is 20.3. The molecule has 0 radical (unpaired) electrons. The van der Waals surface area contributed by atoms with E-state index in [1.54, 1.807) is 0 Å². The van der Waals surface area contributed by atoms with E-state index in [2.05, 4.69) is 19.3 Å². The standard InChI is InChI=1S/C10H22N2O/c1-8(2)13-7-10(12-11)6-9-4-3-5-9/h8-10,12H,3-7,11H2,1-2H3. The van der Waals surface area contributed by atoms with Gasteiger partial charge in [-0.25, -0.2) is 0 Å². The summed E-state index contributed by atoms with van der Waals surface area (Å²) in [5.41, 5.74) is 2.83. The van der Waals surface area contributed by atoms with E-state index in [0.717, 1.165) is 12.5 Å². The van der Waals surface area contributed by atoms with E-state index in [1.165, 1.54) is 25.7 Å². The van der Waals surface area contributed by atoms with Crippen molar-refractivity contribution in [2.45, 2.75) is 51.7 Å². The van der Waals surface area contributed by atoms with Crippen LogP contribution >= 0.6 is 0 Å². The van der Waals surface area contributed by atoms with Gasteiger partial charge < -0.3 is 4.74 Å². The fourth-order valence-corrected chi connectivity index (χ4v) is 1.62. The van der Waals surface area contributed by atoms with Gasteiger partial charge in [0.25, 0.3) is 0 Å². The maximum absolute atomic E-state index is 5.52. The monoisotopic (exact) mass is 186 g/mol. The summed E-state index contributed by atoms with van der Waals surface area (Å²) in [6.07, 6.45) is 5.62. The number of nitrogens with two attached hydrogens (primary N) is 1. The van der Waals surface area contributed by atoms with Gasteiger partial charge in [0.2, 0.25) is 0 Å². The summed E-state index contributed by atoms with van der Waals surface area (Å²) in [7, 11) is 0. The van der Waals surface area contributed by atoms with Crippen LogP contribution in [0, 0.1) is 5.92 Å². The fourth-order valence-electron chi connectivity index (χ4n) is 1.62. The van der Waals surface area contributed by atoms with Crippen LogP contribution in [0.1, 0.15) is 39.5 Å². The molecule has 3 heteroatoms. The van der Waals surface area contributed by atoms with Gasteiger partial charge in [0.1, 0.15) is 0 Å². The molecule has 3 N–H and O–H groups in total. The molecule has 1 atom stereocenters. The van der Waals surface area contributed by atoms with E-state index in [0.29, 0.717) is 12.1 Å². The van der Waals surface area contributed by atoms with Crippen molar-refractivity contribution >= 4 is 0 Å². The summed E-state index contributed by atoms with van der Waals surface area (Å²) in [6, 6.07) is 0.340. The zero-order valence-electron chi connectivity index (χ0n) is 8.75. The quantitative estimate of drug-likeness (QED) is 0.487. The number of hydrogen-bond acceptors (Lipinski definition) is 3. The number of hydrogen-bond donors (Lipinski definition) is 2. The summed E-state index contributed by atoms with van der Waals surface area (Å²) in [5.74, 6) is 6.34. The molecule has 1 saturated carbocycles. The van der Waals surface area contributed by atoms with Crippen molar-refractivity contribution in [1.82, 2.24) is 5.43 Å². The third-order valence-corrected chi connectivity index (χ3v) is 2.71. The predicted molar refractivity (Wildman–Crippen MR) is 54.2 cm³/mol. The molecule has 1 rings (SSSR count). The van der Waals surface area contributed by atoms with Gasteiger partial charge in [-0.3, -0.25) is 11.3 Å². The van der Waals surface area contributed by atoms with E-state index in [-0.39, 0.29) is 0 Å². The molecular weight excluding hydrogens is 164 g/mol. The second-order valence-corrected chi connectivity index (χ2v) is 4.28. The Labute approximate surface area is 81.0 Å². The molecule has 3 nitrogen and oxygen atoms in total. The van der Waals surface area contributed by atoms with Gasteiger partial charge in [0.15, 0.2) is 0 Å². The second kappa shape index (κ2) is 5.58. The molecule has 0 saturated heterocycles. The minimum atomic E-state index is 0.303. The minimum absolute atomic E-state index is 0.303. The Morgan fingerprint density at radius 2 is 2.15 bits per heavy atom. The Morgan fingerprint density at radius 1 is 1.46 bits per heavy atom. The van der Waals surface area contributed by atoms with E-state index >= 15 is 0 Å². The maximum atomic E-state index is 5.52. The van der Waals surface area contributed by atoms with Gasteiger partial charge in [-0.05, 0) is 26.2 Å². The highest BCUT2D eigenvalue weighted by atomic mass is 16.5. The molecule has 78 valence electrons. The van der Waals surface area contributed by atoms with Crippen molar-refractivity contribution in [2.75, 3.05) is 6.61 Å². The highest BCUT2D eigenvalue weighted by molar-refractivity contribution is 4.76. The molecule has 13 heavy (non-hydrogen) atoms. The first-order valence-electron chi connectivity index (χ1n) is 5.30. The lowest BCUT2D eigenvalue weighted by atomic mass is 9.81. The third-order valence-electron chi connectivity index (χ3n) is 2.71. The summed E-state index contributed by atoms with van der Waals surface area (Å²) >= 11 is 0. The number of nitrogens with one attached hydrogen (secondary N) is 1. The molecule has 0 aromatic carbocycles. The Balaban J connectivity index is 2.09. The molecule has 1 unspecified atom stereocenters. The van der Waals surface area contributed by atoms with E-state index < -0.39 is 0 Å². The molecule has 1 aliphatic carbocycles. The Hall–Kier alpha value is -0.120. The van der Waals surface area contributed by atoms with Crippen molar-refractivity contribution in [1.29, 1.82) is 0 Å². The molecule has 1 fully saturated rings. The van der Waals surface area contributed by atoms with Crippen LogP contribution in [0.2, 0.25) is 0 Å². The molecule has 1 aliphatic rings. The first kappa shape index (κ1) is 11.0. The number of ether oxygens (including phenoxy) is 1. The van der Waals surface area contributed by atoms with E-state index in [9.17, 15) is 0 Å². The van der Waals surface area contributed by atoms with Crippen LogP contribution in [0.4, 0.5) is 0 Å². The second-order valence-electron chi connectivity index (χ2n) is 4.28. The van der Waals surface area contributed by atoms with Gasteiger partial charge in [0, 0.05) is 6.04 Å². The smallest absolute Gasteiger partial charge is 0.0636 e. The summed E-state index contributed by atoms with van der Waals surface area (Å²) in [4.78, 5) is 0. The topological polar surface area (TPSA) is 47.3 Å². The van der Waals surface area contributed by atoms with Crippen molar-refractivity contribution < 1.29 is 4.74 Å². The van der Waals surface area contributed by atoms with Crippen LogP contribution in [0.3, 0.4) is 0 Å². The minimum Gasteiger partial charge on any atom is -0.377 e. The number of rotatable bonds is 6. The Kier molecular flexibility index (Phi) is 4.70. The molecule has 0 aromatic rings. The molecule has 0 aliphatic heterocycles. The van der Waals surface area contributed by atoms with Crippen LogP contribution < -0.4 is 11.3 Å². The van der Waals surface area contributed by atoms with Gasteiger partial charge in [-0.2, -0.15) is 0 Å². The first-order chi connectivity index (χ1) is 6.22. The maximum Gasteiger partial charge on any atom is 0.0636 e. The molecule has 0 heterocycles. The van der Waals surface area contributed by atoms with Crippen LogP contribution in [0.15, 0.2) is 0 Å². The molecule has 0 amide bonds. The molecule has 0 aromatic heterocycles. The summed E-state index contributed by atoms with van der Waals surface area (Å²) in [6.45, 7) is 4.85. The lowest BCUT2D eigenvalue weighted by molar-refractivity contribution is 0.0524. The average molecular weight is 186 g/mol. The summed E-state index contributed by atoms with van der Waals surface area (Å²) < 4.78 is 5.52. The van der Waals surface area contributed by atoms with Crippen LogP contribution in [0.25, 0.3) is 0 Å². The van der Waals surface area contributed by atoms with Gasteiger partial charge >= 0.3 is 0 Å². The van der Waals surface area contributed by atoms with Crippen molar-refractivity contribution in [2.24, 2.45) is 11.8 Å². The van der Waals surface area contributed by atoms with Crippen LogP contribution in [-0.4, -0.2) is 18.8 Å². The van der Waals surface area contributed by atoms with E-state index in [1.807, 2.05) is 0 Å². The van der Waals surface area contributed by atoms with Crippen LogP contribution in [-0.2, 0) is 4.74 Å². The van der Waals surface area contributed by atoms with E-state index in [4.69, 9.17) is 10.6 Å². The zero-order valence-corrected chi connectivity index (χ0v) is 8.75. The lowest BCUT2D eigenvalue weighted by Crippen LogP contribution is -2.41. The highest BCUT2D eigenvalue weighted by Gasteiger charge is 2.21. The molecule has 0 bridgehead atoms. The average Bonchev–Trinajstić information content (AvgIpc) is 2.01. The van der Waals surface area contributed by atoms with Gasteiger partial charge in [-0.15, -0.1) is 0 Å². The Bertz CT molecular complexity index is 135.